The van der Waals surface area contributed by atoms with Gasteiger partial charge in [0.05, 0.1) is 19.0 Å². The molecule has 3 heterocycles. The number of methoxy groups -OCH3 is 1. The lowest BCUT2D eigenvalue weighted by Gasteiger charge is -2.36. The van der Waals surface area contributed by atoms with Gasteiger partial charge in [0.25, 0.3) is 0 Å². The van der Waals surface area contributed by atoms with Gasteiger partial charge in [-0.05, 0) is 37.3 Å². The number of nitrogen functional groups attached to an aromatic ring is 1. The van der Waals surface area contributed by atoms with E-state index < -0.39 is 0 Å². The van der Waals surface area contributed by atoms with Crippen LogP contribution in [0.25, 0.3) is 22.4 Å². The monoisotopic (exact) mass is 443 g/mol. The number of rotatable bonds is 4. The maximum atomic E-state index is 9.91. The second-order valence-electron chi connectivity index (χ2n) is 8.03. The van der Waals surface area contributed by atoms with E-state index in [1.54, 1.807) is 24.4 Å². The van der Waals surface area contributed by atoms with Crippen molar-refractivity contribution >= 4 is 28.6 Å². The van der Waals surface area contributed by atoms with Gasteiger partial charge in [-0.2, -0.15) is 9.97 Å². The zero-order valence-electron chi connectivity index (χ0n) is 18.6. The van der Waals surface area contributed by atoms with Crippen molar-refractivity contribution in [2.75, 3.05) is 48.8 Å². The van der Waals surface area contributed by atoms with Gasteiger partial charge >= 0.3 is 0 Å². The molecule has 0 atom stereocenters. The highest BCUT2D eigenvalue weighted by Gasteiger charge is 2.22. The van der Waals surface area contributed by atoms with Crippen molar-refractivity contribution in [3.63, 3.8) is 0 Å². The van der Waals surface area contributed by atoms with Crippen molar-refractivity contribution in [3.8, 4) is 22.8 Å². The number of phenolic OH excluding ortho intramolecular Hbond substituents is 1. The van der Waals surface area contributed by atoms with Crippen LogP contribution in [-0.2, 0) is 0 Å². The molecule has 9 nitrogen and oxygen atoms in total. The minimum absolute atomic E-state index is 0.0678. The average molecular weight is 444 g/mol. The molecule has 1 saturated heterocycles. The molecule has 4 aromatic rings. The number of hydrogen-bond donors (Lipinski definition) is 2. The summed E-state index contributed by atoms with van der Waals surface area (Å²) in [7, 11) is 1.51. The van der Waals surface area contributed by atoms with Crippen LogP contribution in [0.1, 0.15) is 5.56 Å². The number of hydrogen-bond acceptors (Lipinski definition) is 9. The van der Waals surface area contributed by atoms with Crippen molar-refractivity contribution < 1.29 is 9.84 Å². The van der Waals surface area contributed by atoms with Crippen molar-refractivity contribution in [1.82, 2.24) is 19.9 Å². The van der Waals surface area contributed by atoms with Crippen LogP contribution in [0.2, 0.25) is 0 Å². The minimum Gasteiger partial charge on any atom is -0.504 e. The van der Waals surface area contributed by atoms with E-state index in [2.05, 4.69) is 55.9 Å². The minimum atomic E-state index is 0.0678. The molecule has 0 spiro atoms. The molecule has 0 aliphatic carbocycles. The number of aromatic hydroxyl groups is 1. The van der Waals surface area contributed by atoms with Crippen LogP contribution >= 0.6 is 0 Å². The van der Waals surface area contributed by atoms with Crippen LogP contribution in [0.15, 0.2) is 48.7 Å². The molecule has 5 rings (SSSR count). The lowest BCUT2D eigenvalue weighted by molar-refractivity contribution is 0.373. The molecular weight excluding hydrogens is 418 g/mol. The van der Waals surface area contributed by atoms with Gasteiger partial charge in [0, 0.05) is 37.4 Å². The van der Waals surface area contributed by atoms with Crippen molar-refractivity contribution in [1.29, 1.82) is 0 Å². The topological polar surface area (TPSA) is 114 Å². The number of piperazine rings is 1. The van der Waals surface area contributed by atoms with Gasteiger partial charge in [-0.25, -0.2) is 9.97 Å². The smallest absolute Gasteiger partial charge is 0.224 e. The summed E-state index contributed by atoms with van der Waals surface area (Å²) in [6, 6.07) is 13.7. The number of phenols is 1. The Bertz CT molecular complexity index is 1300. The molecule has 0 amide bonds. The molecule has 33 heavy (non-hydrogen) atoms. The Labute approximate surface area is 191 Å². The summed E-state index contributed by atoms with van der Waals surface area (Å²) in [5.41, 5.74) is 10.9. The Hall–Kier alpha value is -4.14. The summed E-state index contributed by atoms with van der Waals surface area (Å²) in [6.45, 7) is 5.36. The summed E-state index contributed by atoms with van der Waals surface area (Å²) in [6.07, 6.45) is 1.64. The maximum Gasteiger partial charge on any atom is 0.224 e. The van der Waals surface area contributed by atoms with E-state index in [1.165, 1.54) is 18.4 Å². The normalized spacial score (nSPS) is 14.0. The Morgan fingerprint density at radius 3 is 2.39 bits per heavy atom. The zero-order chi connectivity index (χ0) is 22.9. The molecule has 1 aliphatic rings. The Balaban J connectivity index is 1.46. The lowest BCUT2D eigenvalue weighted by Crippen LogP contribution is -2.47. The molecular formula is C24H25N7O2. The first-order valence-electron chi connectivity index (χ1n) is 10.8. The average Bonchev–Trinajstić information content (AvgIpc) is 2.84. The Kier molecular flexibility index (Phi) is 5.29. The van der Waals surface area contributed by atoms with Gasteiger partial charge in [0.15, 0.2) is 28.5 Å². The maximum absolute atomic E-state index is 9.91. The first kappa shape index (κ1) is 20.7. The number of fused-ring (bicyclic) bond motifs is 1. The number of nitrogens with zero attached hydrogens (tertiary/aromatic N) is 6. The van der Waals surface area contributed by atoms with E-state index in [4.69, 9.17) is 15.5 Å². The molecule has 3 N–H and O–H groups in total. The van der Waals surface area contributed by atoms with E-state index in [-0.39, 0.29) is 11.7 Å². The SMILES string of the molecule is COc1cc(-c2cnc3nc(N)nc(N4CCN(c5ccc(C)cc5)CC4)c3n2)ccc1O. The summed E-state index contributed by atoms with van der Waals surface area (Å²) in [5, 5.41) is 9.91. The van der Waals surface area contributed by atoms with E-state index in [0.29, 0.717) is 28.4 Å². The fraction of sp³-hybridized carbons (Fsp3) is 0.250. The van der Waals surface area contributed by atoms with E-state index in [0.717, 1.165) is 31.7 Å². The van der Waals surface area contributed by atoms with E-state index in [1.807, 2.05) is 0 Å². The number of aryl methyl sites for hydroxylation is 1. The number of nitrogens with two attached hydrogens (primary N) is 1. The highest BCUT2D eigenvalue weighted by molar-refractivity contribution is 5.86. The van der Waals surface area contributed by atoms with Crippen LogP contribution in [0.5, 0.6) is 11.5 Å². The lowest BCUT2D eigenvalue weighted by atomic mass is 10.1. The molecule has 2 aromatic carbocycles. The second kappa shape index (κ2) is 8.42. The summed E-state index contributed by atoms with van der Waals surface area (Å²) in [4.78, 5) is 22.7. The fourth-order valence-corrected chi connectivity index (χ4v) is 4.04. The van der Waals surface area contributed by atoms with E-state index in [9.17, 15) is 5.11 Å². The van der Waals surface area contributed by atoms with Crippen LogP contribution in [0.4, 0.5) is 17.5 Å². The molecule has 1 fully saturated rings. The number of anilines is 3. The first-order valence-corrected chi connectivity index (χ1v) is 10.8. The van der Waals surface area contributed by atoms with Gasteiger partial charge in [0.1, 0.15) is 0 Å². The Morgan fingerprint density at radius 1 is 0.939 bits per heavy atom. The standard InChI is InChI=1S/C24H25N7O2/c1-15-3-6-17(7-4-15)30-9-11-31(12-10-30)23-21-22(28-24(25)29-23)26-14-18(27-21)16-5-8-19(32)20(13-16)33-2/h3-8,13-14,32H,9-12H2,1-2H3,(H2,25,26,28,29). The van der Waals surface area contributed by atoms with Gasteiger partial charge < -0.3 is 25.4 Å². The van der Waals surface area contributed by atoms with Crippen molar-refractivity contribution in [2.45, 2.75) is 6.92 Å². The summed E-state index contributed by atoms with van der Waals surface area (Å²) < 4.78 is 5.23. The molecule has 0 unspecified atom stereocenters. The third kappa shape index (κ3) is 4.05. The number of ether oxygens (including phenoxy) is 1. The van der Waals surface area contributed by atoms with Crippen molar-refractivity contribution in [3.05, 3.63) is 54.2 Å². The zero-order valence-corrected chi connectivity index (χ0v) is 18.6. The first-order chi connectivity index (χ1) is 16.0. The highest BCUT2D eigenvalue weighted by Crippen LogP contribution is 2.32. The molecule has 2 aromatic heterocycles. The van der Waals surface area contributed by atoms with Crippen molar-refractivity contribution in [2.24, 2.45) is 0 Å². The molecule has 1 aliphatic heterocycles. The Morgan fingerprint density at radius 2 is 1.67 bits per heavy atom. The van der Waals surface area contributed by atoms with Gasteiger partial charge in [0.2, 0.25) is 5.95 Å². The van der Waals surface area contributed by atoms with Gasteiger partial charge in [-0.15, -0.1) is 0 Å². The van der Waals surface area contributed by atoms with Crippen LogP contribution in [0.3, 0.4) is 0 Å². The predicted octanol–water partition coefficient (Wildman–Crippen LogP) is 3.02. The van der Waals surface area contributed by atoms with E-state index >= 15 is 0 Å². The predicted molar refractivity (Wildman–Crippen MR) is 129 cm³/mol. The number of aromatic nitrogens is 4. The quantitative estimate of drug-likeness (QED) is 0.491. The largest absolute Gasteiger partial charge is 0.504 e. The summed E-state index contributed by atoms with van der Waals surface area (Å²) in [5.74, 6) is 1.29. The second-order valence-corrected chi connectivity index (χ2v) is 8.03. The molecule has 168 valence electrons. The highest BCUT2D eigenvalue weighted by atomic mass is 16.5. The number of benzene rings is 2. The third-order valence-electron chi connectivity index (χ3n) is 5.86. The third-order valence-corrected chi connectivity index (χ3v) is 5.86. The molecule has 0 bridgehead atoms. The fourth-order valence-electron chi connectivity index (χ4n) is 4.04. The van der Waals surface area contributed by atoms with Gasteiger partial charge in [-0.3, -0.25) is 0 Å². The van der Waals surface area contributed by atoms with Crippen LogP contribution < -0.4 is 20.3 Å². The van der Waals surface area contributed by atoms with Crippen LogP contribution in [-0.4, -0.2) is 58.3 Å². The molecule has 0 saturated carbocycles. The van der Waals surface area contributed by atoms with Crippen LogP contribution in [0, 0.1) is 6.92 Å². The summed E-state index contributed by atoms with van der Waals surface area (Å²) >= 11 is 0. The van der Waals surface area contributed by atoms with Gasteiger partial charge in [-0.1, -0.05) is 17.7 Å². The molecule has 9 heteroatoms. The molecule has 0 radical (unpaired) electrons.